The summed E-state index contributed by atoms with van der Waals surface area (Å²) in [4.78, 5) is 29.3. The van der Waals surface area contributed by atoms with Crippen molar-refractivity contribution in [3.8, 4) is 0 Å². The summed E-state index contributed by atoms with van der Waals surface area (Å²) in [6, 6.07) is 3.32. The molecule has 0 spiro atoms. The number of amides is 2. The highest BCUT2D eigenvalue weighted by Crippen LogP contribution is 2.20. The Morgan fingerprint density at radius 3 is 2.42 bits per heavy atom. The van der Waals surface area contributed by atoms with Gasteiger partial charge in [-0.15, -0.1) is 0 Å². The fraction of sp³-hybridized carbons (Fsp3) is 0.500. The maximum absolute atomic E-state index is 12.2. The van der Waals surface area contributed by atoms with E-state index >= 15 is 0 Å². The van der Waals surface area contributed by atoms with E-state index in [2.05, 4.69) is 10.3 Å². The molecule has 1 aromatic rings. The Labute approximate surface area is 113 Å². The van der Waals surface area contributed by atoms with Crippen molar-refractivity contribution in [2.45, 2.75) is 45.3 Å². The van der Waals surface area contributed by atoms with Gasteiger partial charge in [0.15, 0.2) is 0 Å². The number of hydrogen-bond donors (Lipinski definition) is 1. The molecule has 2 rings (SSSR count). The van der Waals surface area contributed by atoms with Crippen LogP contribution in [0.3, 0.4) is 0 Å². The smallest absolute Gasteiger partial charge is 0.247 e. The number of carbonyl (C=O) groups excluding carboxylic acids is 2. The number of carbonyl (C=O) groups is 2. The van der Waals surface area contributed by atoms with E-state index < -0.39 is 6.04 Å². The lowest BCUT2D eigenvalue weighted by atomic mass is 10.1. The standard InChI is InChI=1S/C14H19N3O2/c1-9(2)17-13(18)8-12(14(17)19)16-10(3)11-4-6-15-7-5-11/h4-7,9-10,12,16H,8H2,1-3H3. The predicted octanol–water partition coefficient (Wildman–Crippen LogP) is 1.27. The molecule has 0 saturated carbocycles. The van der Waals surface area contributed by atoms with Gasteiger partial charge in [0.2, 0.25) is 11.8 Å². The number of rotatable bonds is 4. The molecule has 0 aromatic carbocycles. The lowest BCUT2D eigenvalue weighted by molar-refractivity contribution is -0.140. The van der Waals surface area contributed by atoms with Crippen molar-refractivity contribution in [3.63, 3.8) is 0 Å². The first-order chi connectivity index (χ1) is 9.00. The van der Waals surface area contributed by atoms with E-state index in [4.69, 9.17) is 0 Å². The Hall–Kier alpha value is -1.75. The molecule has 102 valence electrons. The van der Waals surface area contributed by atoms with Gasteiger partial charge in [-0.3, -0.25) is 24.8 Å². The van der Waals surface area contributed by atoms with Crippen LogP contribution in [-0.4, -0.2) is 33.8 Å². The van der Waals surface area contributed by atoms with Crippen LogP contribution >= 0.6 is 0 Å². The molecule has 19 heavy (non-hydrogen) atoms. The molecule has 1 N–H and O–H groups in total. The maximum atomic E-state index is 12.2. The molecule has 1 aromatic heterocycles. The normalized spacial score (nSPS) is 21.3. The fourth-order valence-electron chi connectivity index (χ4n) is 2.37. The zero-order valence-electron chi connectivity index (χ0n) is 11.5. The molecule has 0 aliphatic carbocycles. The van der Waals surface area contributed by atoms with Gasteiger partial charge < -0.3 is 0 Å². The van der Waals surface area contributed by atoms with Crippen LogP contribution in [0.1, 0.15) is 38.8 Å². The quantitative estimate of drug-likeness (QED) is 0.829. The second kappa shape index (κ2) is 5.48. The van der Waals surface area contributed by atoms with Gasteiger partial charge in [-0.2, -0.15) is 0 Å². The van der Waals surface area contributed by atoms with Crippen molar-refractivity contribution in [2.75, 3.05) is 0 Å². The van der Waals surface area contributed by atoms with Crippen molar-refractivity contribution in [1.29, 1.82) is 0 Å². The van der Waals surface area contributed by atoms with E-state index in [0.717, 1.165) is 5.56 Å². The zero-order valence-corrected chi connectivity index (χ0v) is 11.5. The summed E-state index contributed by atoms with van der Waals surface area (Å²) in [6.45, 7) is 5.68. The van der Waals surface area contributed by atoms with Gasteiger partial charge in [0.05, 0.1) is 12.5 Å². The second-order valence-corrected chi connectivity index (χ2v) is 5.12. The van der Waals surface area contributed by atoms with E-state index in [0.29, 0.717) is 0 Å². The van der Waals surface area contributed by atoms with Crippen molar-refractivity contribution in [2.24, 2.45) is 0 Å². The van der Waals surface area contributed by atoms with E-state index in [1.807, 2.05) is 32.9 Å². The molecule has 0 radical (unpaired) electrons. The summed E-state index contributed by atoms with van der Waals surface area (Å²) in [7, 11) is 0. The predicted molar refractivity (Wildman–Crippen MR) is 71.2 cm³/mol. The number of nitrogens with zero attached hydrogens (tertiary/aromatic N) is 2. The summed E-state index contributed by atoms with van der Waals surface area (Å²) in [5.74, 6) is -0.222. The minimum Gasteiger partial charge on any atom is -0.299 e. The number of nitrogens with one attached hydrogen (secondary N) is 1. The first kappa shape index (κ1) is 13.7. The van der Waals surface area contributed by atoms with Crippen LogP contribution in [0.2, 0.25) is 0 Å². The van der Waals surface area contributed by atoms with Crippen LogP contribution in [0, 0.1) is 0 Å². The van der Waals surface area contributed by atoms with Crippen molar-refractivity contribution < 1.29 is 9.59 Å². The number of imide groups is 1. The number of likely N-dealkylation sites (tertiary alicyclic amines) is 1. The first-order valence-corrected chi connectivity index (χ1v) is 6.52. The summed E-state index contributed by atoms with van der Waals surface area (Å²) < 4.78 is 0. The molecule has 2 heterocycles. The topological polar surface area (TPSA) is 62.3 Å². The summed E-state index contributed by atoms with van der Waals surface area (Å²) in [5, 5.41) is 3.22. The second-order valence-electron chi connectivity index (χ2n) is 5.12. The lowest BCUT2D eigenvalue weighted by Gasteiger charge is -2.21. The van der Waals surface area contributed by atoms with E-state index in [9.17, 15) is 9.59 Å². The van der Waals surface area contributed by atoms with Gasteiger partial charge in [0.1, 0.15) is 0 Å². The van der Waals surface area contributed by atoms with Crippen LogP contribution in [0.15, 0.2) is 24.5 Å². The Morgan fingerprint density at radius 1 is 1.26 bits per heavy atom. The zero-order chi connectivity index (χ0) is 14.0. The van der Waals surface area contributed by atoms with E-state index in [-0.39, 0.29) is 30.3 Å². The van der Waals surface area contributed by atoms with Crippen LogP contribution in [0.4, 0.5) is 0 Å². The highest BCUT2D eigenvalue weighted by atomic mass is 16.2. The van der Waals surface area contributed by atoms with Gasteiger partial charge >= 0.3 is 0 Å². The highest BCUT2D eigenvalue weighted by molar-refractivity contribution is 6.05. The minimum absolute atomic E-state index is 0.0110. The van der Waals surface area contributed by atoms with Gasteiger partial charge in [-0.1, -0.05) is 0 Å². The third-order valence-electron chi connectivity index (χ3n) is 3.36. The number of pyridine rings is 1. The monoisotopic (exact) mass is 261 g/mol. The molecule has 2 amide bonds. The van der Waals surface area contributed by atoms with Crippen molar-refractivity contribution in [1.82, 2.24) is 15.2 Å². The Morgan fingerprint density at radius 2 is 1.89 bits per heavy atom. The number of hydrogen-bond acceptors (Lipinski definition) is 4. The van der Waals surface area contributed by atoms with Gasteiger partial charge in [0, 0.05) is 24.5 Å². The molecule has 0 bridgehead atoms. The lowest BCUT2D eigenvalue weighted by Crippen LogP contribution is -2.42. The maximum Gasteiger partial charge on any atom is 0.247 e. The van der Waals surface area contributed by atoms with Crippen molar-refractivity contribution >= 4 is 11.8 Å². The Kier molecular flexibility index (Phi) is 3.95. The first-order valence-electron chi connectivity index (χ1n) is 6.52. The van der Waals surface area contributed by atoms with Gasteiger partial charge in [-0.05, 0) is 38.5 Å². The van der Waals surface area contributed by atoms with Gasteiger partial charge in [0.25, 0.3) is 0 Å². The molecule has 1 aliphatic heterocycles. The molecule has 1 aliphatic rings. The SMILES string of the molecule is CC(NC1CC(=O)N(C(C)C)C1=O)c1ccncc1. The van der Waals surface area contributed by atoms with Crippen molar-refractivity contribution in [3.05, 3.63) is 30.1 Å². The van der Waals surface area contributed by atoms with E-state index in [1.54, 1.807) is 12.4 Å². The fourth-order valence-corrected chi connectivity index (χ4v) is 2.37. The molecule has 5 nitrogen and oxygen atoms in total. The average Bonchev–Trinajstić information content (AvgIpc) is 2.65. The highest BCUT2D eigenvalue weighted by Gasteiger charge is 2.40. The molecule has 2 atom stereocenters. The Bertz CT molecular complexity index is 473. The largest absolute Gasteiger partial charge is 0.299 e. The van der Waals surface area contributed by atoms with Gasteiger partial charge in [-0.25, -0.2) is 0 Å². The summed E-state index contributed by atoms with van der Waals surface area (Å²) in [6.07, 6.45) is 3.68. The minimum atomic E-state index is -0.418. The van der Waals surface area contributed by atoms with Crippen LogP contribution in [0.25, 0.3) is 0 Å². The molecule has 5 heteroatoms. The van der Waals surface area contributed by atoms with Crippen LogP contribution in [0.5, 0.6) is 0 Å². The molecular weight excluding hydrogens is 242 g/mol. The van der Waals surface area contributed by atoms with Crippen LogP contribution in [-0.2, 0) is 9.59 Å². The molecule has 1 saturated heterocycles. The molecule has 1 fully saturated rings. The average molecular weight is 261 g/mol. The Balaban J connectivity index is 2.05. The third kappa shape index (κ3) is 2.81. The molecular formula is C14H19N3O2. The summed E-state index contributed by atoms with van der Waals surface area (Å²) >= 11 is 0. The molecule has 2 unspecified atom stereocenters. The van der Waals surface area contributed by atoms with E-state index in [1.165, 1.54) is 4.90 Å². The third-order valence-corrected chi connectivity index (χ3v) is 3.36. The number of aromatic nitrogens is 1. The van der Waals surface area contributed by atoms with Crippen LogP contribution < -0.4 is 5.32 Å². The summed E-state index contributed by atoms with van der Waals surface area (Å²) in [5.41, 5.74) is 1.05.